The average molecular weight is 291 g/mol. The largest absolute Gasteiger partial charge is 0.370 e. The fourth-order valence-corrected chi connectivity index (χ4v) is 3.02. The minimum absolute atomic E-state index is 0.397. The molecular weight excluding hydrogens is 262 g/mol. The molecule has 0 aliphatic carbocycles. The van der Waals surface area contributed by atoms with E-state index in [9.17, 15) is 0 Å². The van der Waals surface area contributed by atoms with Crippen LogP contribution in [0.3, 0.4) is 0 Å². The van der Waals surface area contributed by atoms with Crippen molar-refractivity contribution in [1.29, 1.82) is 0 Å². The zero-order chi connectivity index (χ0) is 15.2. The van der Waals surface area contributed by atoms with E-state index in [1.807, 2.05) is 0 Å². The second kappa shape index (κ2) is 7.59. The third-order valence-corrected chi connectivity index (χ3v) is 4.10. The van der Waals surface area contributed by atoms with Gasteiger partial charge in [-0.15, -0.1) is 0 Å². The molecule has 0 spiro atoms. The van der Waals surface area contributed by atoms with Crippen LogP contribution in [-0.2, 0) is 0 Å². The Hall–Kier alpha value is -1.36. The molecule has 1 aromatic rings. The third kappa shape index (κ3) is 4.06. The van der Waals surface area contributed by atoms with Gasteiger partial charge in [-0.1, -0.05) is 20.8 Å². The second-order valence-electron chi connectivity index (χ2n) is 6.05. The van der Waals surface area contributed by atoms with Crippen LogP contribution in [0, 0.1) is 0 Å². The highest BCUT2D eigenvalue weighted by Crippen LogP contribution is 2.29. The molecule has 0 amide bonds. The molecule has 0 aromatic carbocycles. The zero-order valence-electron chi connectivity index (χ0n) is 13.8. The van der Waals surface area contributed by atoms with E-state index in [0.29, 0.717) is 12.0 Å². The van der Waals surface area contributed by atoms with E-state index in [0.717, 1.165) is 31.3 Å². The van der Waals surface area contributed by atoms with Crippen molar-refractivity contribution in [3.63, 3.8) is 0 Å². The molecule has 0 saturated carbocycles. The van der Waals surface area contributed by atoms with Gasteiger partial charge in [0.2, 0.25) is 0 Å². The molecule has 21 heavy (non-hydrogen) atoms. The molecule has 1 unspecified atom stereocenters. The van der Waals surface area contributed by atoms with E-state index < -0.39 is 0 Å². The summed E-state index contributed by atoms with van der Waals surface area (Å²) in [5, 5.41) is 7.01. The molecule has 2 N–H and O–H groups in total. The predicted molar refractivity (Wildman–Crippen MR) is 89.0 cm³/mol. The summed E-state index contributed by atoms with van der Waals surface area (Å²) in [5.74, 6) is 2.36. The maximum atomic E-state index is 4.51. The Balaban J connectivity index is 2.16. The smallest absolute Gasteiger partial charge is 0.135 e. The van der Waals surface area contributed by atoms with Crippen LogP contribution in [0.1, 0.15) is 52.0 Å². The Morgan fingerprint density at radius 1 is 1.29 bits per heavy atom. The van der Waals surface area contributed by atoms with Crippen LogP contribution in [-0.4, -0.2) is 47.1 Å². The number of hydrogen-bond donors (Lipinski definition) is 2. The van der Waals surface area contributed by atoms with Crippen molar-refractivity contribution in [2.24, 2.45) is 0 Å². The average Bonchev–Trinajstić information content (AvgIpc) is 2.47. The summed E-state index contributed by atoms with van der Waals surface area (Å²) in [6.07, 6.45) is 4.13. The molecule has 1 atom stereocenters. The number of likely N-dealkylation sites (tertiary alicyclic amines) is 1. The molecular formula is C16H29N5. The minimum Gasteiger partial charge on any atom is -0.370 e. The molecule has 2 rings (SSSR count). The Morgan fingerprint density at radius 2 is 2.05 bits per heavy atom. The first-order valence-corrected chi connectivity index (χ1v) is 8.23. The van der Waals surface area contributed by atoms with Crippen LogP contribution in [0.5, 0.6) is 0 Å². The van der Waals surface area contributed by atoms with E-state index in [-0.39, 0.29) is 0 Å². The molecule has 118 valence electrons. The summed E-state index contributed by atoms with van der Waals surface area (Å²) in [4.78, 5) is 11.4. The summed E-state index contributed by atoms with van der Waals surface area (Å²) < 4.78 is 0. The monoisotopic (exact) mass is 291 g/mol. The van der Waals surface area contributed by atoms with Crippen molar-refractivity contribution in [2.75, 3.05) is 36.8 Å². The van der Waals surface area contributed by atoms with Crippen molar-refractivity contribution in [2.45, 2.75) is 52.5 Å². The van der Waals surface area contributed by atoms with Crippen LogP contribution >= 0.6 is 0 Å². The second-order valence-corrected chi connectivity index (χ2v) is 6.05. The van der Waals surface area contributed by atoms with Gasteiger partial charge >= 0.3 is 0 Å². The van der Waals surface area contributed by atoms with E-state index in [1.165, 1.54) is 24.9 Å². The van der Waals surface area contributed by atoms with Crippen molar-refractivity contribution in [1.82, 2.24) is 14.9 Å². The number of piperidine rings is 1. The minimum atomic E-state index is 0.397. The van der Waals surface area contributed by atoms with Crippen molar-refractivity contribution in [3.05, 3.63) is 11.9 Å². The summed E-state index contributed by atoms with van der Waals surface area (Å²) in [5.41, 5.74) is 1.20. The van der Waals surface area contributed by atoms with Crippen molar-refractivity contribution >= 4 is 11.6 Å². The number of anilines is 2. The highest BCUT2D eigenvalue weighted by Gasteiger charge is 2.21. The molecule has 2 heterocycles. The van der Waals surface area contributed by atoms with E-state index in [2.05, 4.69) is 53.2 Å². The Kier molecular flexibility index (Phi) is 5.79. The first-order valence-electron chi connectivity index (χ1n) is 8.23. The van der Waals surface area contributed by atoms with Crippen molar-refractivity contribution in [3.8, 4) is 0 Å². The van der Waals surface area contributed by atoms with Crippen LogP contribution in [0.25, 0.3) is 0 Å². The SMILES string of the molecule is CCNc1ncnc(NC2CCCN(CC)C2)c1C(C)C. The van der Waals surface area contributed by atoms with Crippen LogP contribution < -0.4 is 10.6 Å². The number of aromatic nitrogens is 2. The molecule has 0 radical (unpaired) electrons. The Morgan fingerprint density at radius 3 is 2.71 bits per heavy atom. The quantitative estimate of drug-likeness (QED) is 0.844. The van der Waals surface area contributed by atoms with Gasteiger partial charge < -0.3 is 15.5 Å². The summed E-state index contributed by atoms with van der Waals surface area (Å²) in [7, 11) is 0. The summed E-state index contributed by atoms with van der Waals surface area (Å²) >= 11 is 0. The molecule has 0 bridgehead atoms. The lowest BCUT2D eigenvalue weighted by Crippen LogP contribution is -2.42. The van der Waals surface area contributed by atoms with Gasteiger partial charge in [0.1, 0.15) is 18.0 Å². The van der Waals surface area contributed by atoms with Gasteiger partial charge in [0.15, 0.2) is 0 Å². The van der Waals surface area contributed by atoms with Crippen LogP contribution in [0.2, 0.25) is 0 Å². The molecule has 5 nitrogen and oxygen atoms in total. The molecule has 1 aliphatic rings. The third-order valence-electron chi connectivity index (χ3n) is 4.10. The number of nitrogens with zero attached hydrogens (tertiary/aromatic N) is 3. The lowest BCUT2D eigenvalue weighted by molar-refractivity contribution is 0.226. The first-order chi connectivity index (χ1) is 10.2. The normalized spacial score (nSPS) is 19.8. The number of likely N-dealkylation sites (N-methyl/N-ethyl adjacent to an activating group) is 1. The van der Waals surface area contributed by atoms with Gasteiger partial charge in [0.05, 0.1) is 0 Å². The lowest BCUT2D eigenvalue weighted by atomic mass is 10.0. The number of rotatable bonds is 6. The van der Waals surface area contributed by atoms with Gasteiger partial charge in [-0.3, -0.25) is 0 Å². The van der Waals surface area contributed by atoms with E-state index >= 15 is 0 Å². The Bertz CT molecular complexity index is 446. The maximum absolute atomic E-state index is 4.51. The lowest BCUT2D eigenvalue weighted by Gasteiger charge is -2.33. The molecule has 1 aliphatic heterocycles. The fraction of sp³-hybridized carbons (Fsp3) is 0.750. The topological polar surface area (TPSA) is 53.1 Å². The molecule has 1 aromatic heterocycles. The first kappa shape index (κ1) is 16.0. The van der Waals surface area contributed by atoms with Crippen molar-refractivity contribution < 1.29 is 0 Å². The van der Waals surface area contributed by atoms with Gasteiger partial charge in [0, 0.05) is 24.7 Å². The van der Waals surface area contributed by atoms with Gasteiger partial charge in [-0.05, 0) is 38.8 Å². The van der Waals surface area contributed by atoms with Gasteiger partial charge in [-0.2, -0.15) is 0 Å². The molecule has 1 fully saturated rings. The predicted octanol–water partition coefficient (Wildman–Crippen LogP) is 2.93. The van der Waals surface area contributed by atoms with Gasteiger partial charge in [0.25, 0.3) is 0 Å². The van der Waals surface area contributed by atoms with Gasteiger partial charge in [-0.25, -0.2) is 9.97 Å². The summed E-state index contributed by atoms with van der Waals surface area (Å²) in [6.45, 7) is 13.1. The summed E-state index contributed by atoms with van der Waals surface area (Å²) in [6, 6.07) is 0.487. The molecule has 1 saturated heterocycles. The standard InChI is InChI=1S/C16H29N5/c1-5-17-15-14(12(3)4)16(19-11-18-15)20-13-8-7-9-21(6-2)10-13/h11-13H,5-10H2,1-4H3,(H2,17,18,19,20). The maximum Gasteiger partial charge on any atom is 0.135 e. The fourth-order valence-electron chi connectivity index (χ4n) is 3.02. The molecule has 5 heteroatoms. The highest BCUT2D eigenvalue weighted by atomic mass is 15.2. The van der Waals surface area contributed by atoms with E-state index in [1.54, 1.807) is 6.33 Å². The zero-order valence-corrected chi connectivity index (χ0v) is 13.8. The van der Waals surface area contributed by atoms with Crippen LogP contribution in [0.4, 0.5) is 11.6 Å². The van der Waals surface area contributed by atoms with Crippen LogP contribution in [0.15, 0.2) is 6.33 Å². The highest BCUT2D eigenvalue weighted by molar-refractivity contribution is 5.59. The van der Waals surface area contributed by atoms with E-state index in [4.69, 9.17) is 0 Å². The number of hydrogen-bond acceptors (Lipinski definition) is 5. The Labute approximate surface area is 128 Å². The number of nitrogens with one attached hydrogen (secondary N) is 2.